The van der Waals surface area contributed by atoms with E-state index < -0.39 is 0 Å². The molecule has 0 aromatic heterocycles. The van der Waals surface area contributed by atoms with Gasteiger partial charge in [-0.05, 0) is 50.6 Å². The van der Waals surface area contributed by atoms with Crippen LogP contribution >= 0.6 is 0 Å². The molecule has 2 aromatic rings. The normalized spacial score (nSPS) is 10.5. The Morgan fingerprint density at radius 3 is 1.81 bits per heavy atom. The second-order valence-electron chi connectivity index (χ2n) is 5.53. The van der Waals surface area contributed by atoms with Gasteiger partial charge in [-0.2, -0.15) is 0 Å². The van der Waals surface area contributed by atoms with Crippen LogP contribution in [0, 0.1) is 6.92 Å². The standard InChI is InChI=1S/C19H26N2/c1-5-21(6-2)19-13-9-17(10-14-19)15-20(4)18-11-7-16(3)8-12-18/h7-14H,5-6,15H2,1-4H3. The van der Waals surface area contributed by atoms with Crippen LogP contribution in [0.5, 0.6) is 0 Å². The molecule has 0 fully saturated rings. The smallest absolute Gasteiger partial charge is 0.0426 e. The predicted octanol–water partition coefficient (Wildman–Crippen LogP) is 4.48. The van der Waals surface area contributed by atoms with Crippen LogP contribution in [0.2, 0.25) is 0 Å². The Bertz CT molecular complexity index is 539. The van der Waals surface area contributed by atoms with Crippen molar-refractivity contribution in [3.63, 3.8) is 0 Å². The zero-order valence-corrected chi connectivity index (χ0v) is 13.6. The molecule has 2 heteroatoms. The zero-order chi connectivity index (χ0) is 15.2. The zero-order valence-electron chi connectivity index (χ0n) is 13.6. The molecule has 0 heterocycles. The summed E-state index contributed by atoms with van der Waals surface area (Å²) < 4.78 is 0. The van der Waals surface area contributed by atoms with Crippen molar-refractivity contribution >= 4 is 11.4 Å². The lowest BCUT2D eigenvalue weighted by Crippen LogP contribution is -2.21. The molecule has 21 heavy (non-hydrogen) atoms. The summed E-state index contributed by atoms with van der Waals surface area (Å²) in [6.07, 6.45) is 0. The van der Waals surface area contributed by atoms with Crippen LogP contribution in [0.3, 0.4) is 0 Å². The first kappa shape index (κ1) is 15.4. The third kappa shape index (κ3) is 4.01. The van der Waals surface area contributed by atoms with Crippen molar-refractivity contribution in [2.24, 2.45) is 0 Å². The van der Waals surface area contributed by atoms with Gasteiger partial charge in [0, 0.05) is 38.1 Å². The Morgan fingerprint density at radius 1 is 0.762 bits per heavy atom. The number of rotatable bonds is 6. The molecular weight excluding hydrogens is 256 g/mol. The van der Waals surface area contributed by atoms with Gasteiger partial charge in [-0.15, -0.1) is 0 Å². The monoisotopic (exact) mass is 282 g/mol. The molecule has 0 aliphatic rings. The van der Waals surface area contributed by atoms with Crippen LogP contribution in [-0.2, 0) is 6.54 Å². The van der Waals surface area contributed by atoms with Crippen molar-refractivity contribution < 1.29 is 0 Å². The molecule has 0 unspecified atom stereocenters. The highest BCUT2D eigenvalue weighted by molar-refractivity contribution is 5.50. The van der Waals surface area contributed by atoms with E-state index in [2.05, 4.69) is 86.1 Å². The minimum Gasteiger partial charge on any atom is -0.372 e. The fourth-order valence-corrected chi connectivity index (χ4v) is 2.57. The molecule has 2 rings (SSSR count). The number of hydrogen-bond donors (Lipinski definition) is 0. The van der Waals surface area contributed by atoms with E-state index in [1.165, 1.54) is 22.5 Å². The summed E-state index contributed by atoms with van der Waals surface area (Å²) in [5.41, 5.74) is 5.21. The van der Waals surface area contributed by atoms with Gasteiger partial charge in [-0.25, -0.2) is 0 Å². The molecule has 112 valence electrons. The lowest BCUT2D eigenvalue weighted by Gasteiger charge is -2.22. The van der Waals surface area contributed by atoms with E-state index >= 15 is 0 Å². The highest BCUT2D eigenvalue weighted by Gasteiger charge is 2.04. The molecule has 2 nitrogen and oxygen atoms in total. The van der Waals surface area contributed by atoms with Crippen molar-refractivity contribution in [2.75, 3.05) is 29.9 Å². The van der Waals surface area contributed by atoms with E-state index in [4.69, 9.17) is 0 Å². The van der Waals surface area contributed by atoms with Crippen LogP contribution in [0.15, 0.2) is 48.5 Å². The molecule has 0 atom stereocenters. The van der Waals surface area contributed by atoms with Gasteiger partial charge in [0.25, 0.3) is 0 Å². The second-order valence-corrected chi connectivity index (χ2v) is 5.53. The fraction of sp³-hybridized carbons (Fsp3) is 0.368. The Morgan fingerprint density at radius 2 is 1.29 bits per heavy atom. The van der Waals surface area contributed by atoms with Crippen LogP contribution < -0.4 is 9.80 Å². The Hall–Kier alpha value is -1.96. The van der Waals surface area contributed by atoms with E-state index in [1.54, 1.807) is 0 Å². The summed E-state index contributed by atoms with van der Waals surface area (Å²) in [6, 6.07) is 17.6. The first-order valence-electron chi connectivity index (χ1n) is 7.75. The maximum Gasteiger partial charge on any atom is 0.0426 e. The molecule has 0 N–H and O–H groups in total. The summed E-state index contributed by atoms with van der Waals surface area (Å²) >= 11 is 0. The third-order valence-electron chi connectivity index (χ3n) is 3.96. The number of aryl methyl sites for hydroxylation is 1. The largest absolute Gasteiger partial charge is 0.372 e. The molecular formula is C19H26N2. The van der Waals surface area contributed by atoms with Crippen molar-refractivity contribution in [2.45, 2.75) is 27.3 Å². The van der Waals surface area contributed by atoms with Gasteiger partial charge < -0.3 is 9.80 Å². The molecule has 2 aromatic carbocycles. The molecule has 0 radical (unpaired) electrons. The summed E-state index contributed by atoms with van der Waals surface area (Å²) in [6.45, 7) is 9.56. The SMILES string of the molecule is CCN(CC)c1ccc(CN(C)c2ccc(C)cc2)cc1. The second kappa shape index (κ2) is 7.16. The lowest BCUT2D eigenvalue weighted by molar-refractivity contribution is 0.864. The van der Waals surface area contributed by atoms with Crippen LogP contribution in [0.4, 0.5) is 11.4 Å². The van der Waals surface area contributed by atoms with E-state index in [1.807, 2.05) is 0 Å². The molecule has 0 aliphatic carbocycles. The van der Waals surface area contributed by atoms with Gasteiger partial charge in [0.1, 0.15) is 0 Å². The van der Waals surface area contributed by atoms with Crippen molar-refractivity contribution in [1.29, 1.82) is 0 Å². The maximum absolute atomic E-state index is 2.37. The van der Waals surface area contributed by atoms with Crippen LogP contribution in [0.25, 0.3) is 0 Å². The average molecular weight is 282 g/mol. The average Bonchev–Trinajstić information content (AvgIpc) is 2.51. The van der Waals surface area contributed by atoms with Gasteiger partial charge in [0.05, 0.1) is 0 Å². The third-order valence-corrected chi connectivity index (χ3v) is 3.96. The number of benzene rings is 2. The first-order chi connectivity index (χ1) is 10.1. The highest BCUT2D eigenvalue weighted by atomic mass is 15.1. The van der Waals surface area contributed by atoms with Gasteiger partial charge in [-0.1, -0.05) is 29.8 Å². The van der Waals surface area contributed by atoms with Crippen LogP contribution in [0.1, 0.15) is 25.0 Å². The summed E-state index contributed by atoms with van der Waals surface area (Å²) in [4.78, 5) is 4.65. The Kier molecular flexibility index (Phi) is 5.26. The first-order valence-corrected chi connectivity index (χ1v) is 7.75. The Balaban J connectivity index is 2.04. The molecule has 0 saturated heterocycles. The predicted molar refractivity (Wildman–Crippen MR) is 93.3 cm³/mol. The van der Waals surface area contributed by atoms with Gasteiger partial charge in [0.2, 0.25) is 0 Å². The van der Waals surface area contributed by atoms with Crippen molar-refractivity contribution in [3.8, 4) is 0 Å². The number of anilines is 2. The number of nitrogens with zero attached hydrogens (tertiary/aromatic N) is 2. The van der Waals surface area contributed by atoms with Crippen molar-refractivity contribution in [1.82, 2.24) is 0 Å². The summed E-state index contributed by atoms with van der Waals surface area (Å²) in [7, 11) is 2.14. The molecule has 0 amide bonds. The summed E-state index contributed by atoms with van der Waals surface area (Å²) in [5, 5.41) is 0. The minimum atomic E-state index is 0.932. The minimum absolute atomic E-state index is 0.932. The maximum atomic E-state index is 2.37. The summed E-state index contributed by atoms with van der Waals surface area (Å²) in [5.74, 6) is 0. The van der Waals surface area contributed by atoms with Gasteiger partial charge in [0.15, 0.2) is 0 Å². The molecule has 0 aliphatic heterocycles. The topological polar surface area (TPSA) is 6.48 Å². The van der Waals surface area contributed by atoms with E-state index in [-0.39, 0.29) is 0 Å². The number of hydrogen-bond acceptors (Lipinski definition) is 2. The van der Waals surface area contributed by atoms with Gasteiger partial charge in [-0.3, -0.25) is 0 Å². The quantitative estimate of drug-likeness (QED) is 0.771. The van der Waals surface area contributed by atoms with E-state index in [0.29, 0.717) is 0 Å². The fourth-order valence-electron chi connectivity index (χ4n) is 2.57. The molecule has 0 bridgehead atoms. The van der Waals surface area contributed by atoms with Crippen LogP contribution in [-0.4, -0.2) is 20.1 Å². The van der Waals surface area contributed by atoms with E-state index in [0.717, 1.165) is 19.6 Å². The molecule has 0 saturated carbocycles. The van der Waals surface area contributed by atoms with Crippen molar-refractivity contribution in [3.05, 3.63) is 59.7 Å². The Labute approximate surface area is 129 Å². The molecule has 0 spiro atoms. The van der Waals surface area contributed by atoms with E-state index in [9.17, 15) is 0 Å². The highest BCUT2D eigenvalue weighted by Crippen LogP contribution is 2.19. The van der Waals surface area contributed by atoms with Gasteiger partial charge >= 0.3 is 0 Å². The lowest BCUT2D eigenvalue weighted by atomic mass is 10.1.